The molecular weight excluding hydrogens is 244 g/mol. The standard InChI is InChI=1S/C14H18N2O3/c17-14(18)10-1-2-12-11(6-10)7-15-13(16-12)5-9-3-4-19-8-9/h7,9-10H,1-6,8H2,(H,17,18). The number of fused-ring (bicyclic) bond motifs is 1. The molecule has 1 aromatic rings. The first-order valence-electron chi connectivity index (χ1n) is 6.86. The highest BCUT2D eigenvalue weighted by Gasteiger charge is 2.26. The van der Waals surface area contributed by atoms with Gasteiger partial charge in [-0.2, -0.15) is 0 Å². The molecule has 1 aliphatic heterocycles. The van der Waals surface area contributed by atoms with Gasteiger partial charge in [0.15, 0.2) is 0 Å². The molecule has 0 radical (unpaired) electrons. The molecule has 2 unspecified atom stereocenters. The van der Waals surface area contributed by atoms with Gasteiger partial charge in [0.05, 0.1) is 5.92 Å². The van der Waals surface area contributed by atoms with Gasteiger partial charge in [-0.05, 0) is 37.2 Å². The number of nitrogens with zero attached hydrogens (tertiary/aromatic N) is 2. The molecule has 1 N–H and O–H groups in total. The topological polar surface area (TPSA) is 72.3 Å². The van der Waals surface area contributed by atoms with Crippen molar-refractivity contribution in [2.45, 2.75) is 32.1 Å². The van der Waals surface area contributed by atoms with Gasteiger partial charge in [-0.25, -0.2) is 9.97 Å². The van der Waals surface area contributed by atoms with E-state index in [0.717, 1.165) is 49.6 Å². The van der Waals surface area contributed by atoms with Crippen molar-refractivity contribution >= 4 is 5.97 Å². The second kappa shape index (κ2) is 5.25. The first kappa shape index (κ1) is 12.5. The maximum atomic E-state index is 11.0. The molecule has 5 heteroatoms. The number of ether oxygens (including phenoxy) is 1. The first-order chi connectivity index (χ1) is 9.22. The van der Waals surface area contributed by atoms with E-state index < -0.39 is 5.97 Å². The van der Waals surface area contributed by atoms with E-state index in [9.17, 15) is 4.79 Å². The van der Waals surface area contributed by atoms with E-state index in [1.165, 1.54) is 0 Å². The Bertz CT molecular complexity index is 484. The molecule has 5 nitrogen and oxygen atoms in total. The fourth-order valence-corrected chi connectivity index (χ4v) is 2.86. The van der Waals surface area contributed by atoms with E-state index in [2.05, 4.69) is 9.97 Å². The fraction of sp³-hybridized carbons (Fsp3) is 0.643. The van der Waals surface area contributed by atoms with Crippen LogP contribution in [0.2, 0.25) is 0 Å². The molecule has 102 valence electrons. The molecule has 0 aromatic carbocycles. The Hall–Kier alpha value is -1.49. The van der Waals surface area contributed by atoms with E-state index in [1.54, 1.807) is 0 Å². The Morgan fingerprint density at radius 3 is 3.11 bits per heavy atom. The number of carbonyl (C=O) groups is 1. The average molecular weight is 262 g/mol. The van der Waals surface area contributed by atoms with Gasteiger partial charge >= 0.3 is 5.97 Å². The van der Waals surface area contributed by atoms with Gasteiger partial charge in [0.2, 0.25) is 0 Å². The molecule has 3 rings (SSSR count). The number of hydrogen-bond donors (Lipinski definition) is 1. The maximum Gasteiger partial charge on any atom is 0.306 e. The number of hydrogen-bond acceptors (Lipinski definition) is 4. The Morgan fingerprint density at radius 2 is 2.37 bits per heavy atom. The molecule has 2 atom stereocenters. The number of aryl methyl sites for hydroxylation is 1. The zero-order valence-electron chi connectivity index (χ0n) is 10.8. The van der Waals surface area contributed by atoms with Gasteiger partial charge < -0.3 is 9.84 Å². The van der Waals surface area contributed by atoms with Crippen molar-refractivity contribution in [1.82, 2.24) is 9.97 Å². The van der Waals surface area contributed by atoms with Gasteiger partial charge in [-0.1, -0.05) is 0 Å². The van der Waals surface area contributed by atoms with Crippen molar-refractivity contribution < 1.29 is 14.6 Å². The van der Waals surface area contributed by atoms with Crippen LogP contribution in [0.4, 0.5) is 0 Å². The van der Waals surface area contributed by atoms with Crippen LogP contribution < -0.4 is 0 Å². The Morgan fingerprint density at radius 1 is 1.47 bits per heavy atom. The Balaban J connectivity index is 1.72. The monoisotopic (exact) mass is 262 g/mol. The van der Waals surface area contributed by atoms with Crippen LogP contribution in [0.1, 0.15) is 29.9 Å². The van der Waals surface area contributed by atoms with E-state index in [-0.39, 0.29) is 5.92 Å². The quantitative estimate of drug-likeness (QED) is 0.887. The molecule has 0 amide bonds. The lowest BCUT2D eigenvalue weighted by atomic mass is 9.87. The molecule has 1 fully saturated rings. The van der Waals surface area contributed by atoms with Crippen LogP contribution in [0.25, 0.3) is 0 Å². The summed E-state index contributed by atoms with van der Waals surface area (Å²) >= 11 is 0. The second-order valence-corrected chi connectivity index (χ2v) is 5.47. The minimum Gasteiger partial charge on any atom is -0.481 e. The van der Waals surface area contributed by atoms with Crippen molar-refractivity contribution in [3.05, 3.63) is 23.3 Å². The molecule has 2 aliphatic rings. The van der Waals surface area contributed by atoms with Crippen molar-refractivity contribution in [2.24, 2.45) is 11.8 Å². The second-order valence-electron chi connectivity index (χ2n) is 5.47. The molecule has 0 bridgehead atoms. The summed E-state index contributed by atoms with van der Waals surface area (Å²) in [6, 6.07) is 0. The minimum absolute atomic E-state index is 0.273. The van der Waals surface area contributed by atoms with Crippen LogP contribution in [0, 0.1) is 11.8 Å². The van der Waals surface area contributed by atoms with Crippen LogP contribution in [0.5, 0.6) is 0 Å². The normalized spacial score (nSPS) is 26.1. The van der Waals surface area contributed by atoms with Crippen LogP contribution in [-0.2, 0) is 28.8 Å². The molecule has 1 aliphatic carbocycles. The smallest absolute Gasteiger partial charge is 0.306 e. The minimum atomic E-state index is -0.710. The van der Waals surface area contributed by atoms with Gasteiger partial charge in [0.25, 0.3) is 0 Å². The first-order valence-corrected chi connectivity index (χ1v) is 6.86. The third-order valence-electron chi connectivity index (χ3n) is 4.04. The number of aliphatic carboxylic acids is 1. The lowest BCUT2D eigenvalue weighted by Gasteiger charge is -2.20. The zero-order valence-corrected chi connectivity index (χ0v) is 10.8. The van der Waals surface area contributed by atoms with Crippen molar-refractivity contribution in [3.8, 4) is 0 Å². The van der Waals surface area contributed by atoms with Crippen molar-refractivity contribution in [1.29, 1.82) is 0 Å². The molecule has 0 spiro atoms. The van der Waals surface area contributed by atoms with Crippen LogP contribution >= 0.6 is 0 Å². The van der Waals surface area contributed by atoms with E-state index in [0.29, 0.717) is 18.8 Å². The molecule has 1 saturated heterocycles. The number of carboxylic acid groups (broad SMARTS) is 1. The summed E-state index contributed by atoms with van der Waals surface area (Å²) in [6.07, 6.45) is 5.78. The molecule has 1 aromatic heterocycles. The highest BCUT2D eigenvalue weighted by Crippen LogP contribution is 2.25. The van der Waals surface area contributed by atoms with Crippen LogP contribution in [0.3, 0.4) is 0 Å². The summed E-state index contributed by atoms with van der Waals surface area (Å²) in [5.74, 6) is 0.430. The highest BCUT2D eigenvalue weighted by molar-refractivity contribution is 5.70. The molecule has 0 saturated carbocycles. The predicted molar refractivity (Wildman–Crippen MR) is 67.8 cm³/mol. The largest absolute Gasteiger partial charge is 0.481 e. The summed E-state index contributed by atoms with van der Waals surface area (Å²) in [7, 11) is 0. The van der Waals surface area contributed by atoms with E-state index in [4.69, 9.17) is 9.84 Å². The van der Waals surface area contributed by atoms with E-state index >= 15 is 0 Å². The number of rotatable bonds is 3. The van der Waals surface area contributed by atoms with Gasteiger partial charge in [-0.3, -0.25) is 4.79 Å². The van der Waals surface area contributed by atoms with Gasteiger partial charge in [0.1, 0.15) is 5.82 Å². The molecule has 19 heavy (non-hydrogen) atoms. The lowest BCUT2D eigenvalue weighted by Crippen LogP contribution is -2.23. The number of carboxylic acids is 1. The van der Waals surface area contributed by atoms with Crippen molar-refractivity contribution in [2.75, 3.05) is 13.2 Å². The lowest BCUT2D eigenvalue weighted by molar-refractivity contribution is -0.142. The highest BCUT2D eigenvalue weighted by atomic mass is 16.5. The van der Waals surface area contributed by atoms with Gasteiger partial charge in [-0.15, -0.1) is 0 Å². The van der Waals surface area contributed by atoms with Crippen molar-refractivity contribution in [3.63, 3.8) is 0 Å². The summed E-state index contributed by atoms with van der Waals surface area (Å²) in [6.45, 7) is 1.65. The zero-order chi connectivity index (χ0) is 13.2. The van der Waals surface area contributed by atoms with Gasteiger partial charge in [0, 0.05) is 31.5 Å². The number of aromatic nitrogens is 2. The Labute approximate surface area is 112 Å². The van der Waals surface area contributed by atoms with Crippen LogP contribution in [-0.4, -0.2) is 34.3 Å². The third kappa shape index (κ3) is 2.76. The van der Waals surface area contributed by atoms with Crippen LogP contribution in [0.15, 0.2) is 6.20 Å². The summed E-state index contributed by atoms with van der Waals surface area (Å²) in [4.78, 5) is 20.0. The fourth-order valence-electron chi connectivity index (χ4n) is 2.86. The maximum absolute atomic E-state index is 11.0. The molecule has 2 heterocycles. The SMILES string of the molecule is O=C(O)C1CCc2nc(CC3CCOC3)ncc2C1. The predicted octanol–water partition coefficient (Wildman–Crippen LogP) is 1.25. The third-order valence-corrected chi connectivity index (χ3v) is 4.04. The average Bonchev–Trinajstić information content (AvgIpc) is 2.91. The van der Waals surface area contributed by atoms with E-state index in [1.807, 2.05) is 6.20 Å². The summed E-state index contributed by atoms with van der Waals surface area (Å²) in [5, 5.41) is 9.05. The Kier molecular flexibility index (Phi) is 3.46. The summed E-state index contributed by atoms with van der Waals surface area (Å²) < 4.78 is 5.36. The summed E-state index contributed by atoms with van der Waals surface area (Å²) in [5.41, 5.74) is 2.05. The molecular formula is C14H18N2O3.